The second-order valence-corrected chi connectivity index (χ2v) is 6.70. The minimum absolute atomic E-state index is 0.0788. The largest absolute Gasteiger partial charge is 0.346 e. The molecular weight excluding hydrogens is 336 g/mol. The minimum Gasteiger partial charge on any atom is -0.346 e. The highest BCUT2D eigenvalue weighted by atomic mass is 16.2. The van der Waals surface area contributed by atoms with Crippen LogP contribution in [-0.2, 0) is 11.3 Å². The van der Waals surface area contributed by atoms with E-state index in [2.05, 4.69) is 34.6 Å². The molecule has 4 aromatic rings. The van der Waals surface area contributed by atoms with Crippen molar-refractivity contribution in [3.63, 3.8) is 0 Å². The molecule has 1 aromatic heterocycles. The van der Waals surface area contributed by atoms with Gasteiger partial charge in [0.15, 0.2) is 0 Å². The predicted octanol–water partition coefficient (Wildman–Crippen LogP) is 3.31. The molecule has 0 radical (unpaired) electrons. The Hall–Kier alpha value is -3.18. The Morgan fingerprint density at radius 2 is 1.81 bits per heavy atom. The normalized spacial score (nSPS) is 12.4. The maximum Gasteiger partial charge on any atom is 0.240 e. The molecule has 1 amide bonds. The molecule has 3 N–H and O–H groups in total. The molecule has 0 spiro atoms. The van der Waals surface area contributed by atoms with Gasteiger partial charge in [0.25, 0.3) is 0 Å². The summed E-state index contributed by atoms with van der Waals surface area (Å²) in [5.41, 5.74) is 8.82. The third-order valence-corrected chi connectivity index (χ3v) is 4.89. The van der Waals surface area contributed by atoms with E-state index in [4.69, 9.17) is 5.73 Å². The fourth-order valence-corrected chi connectivity index (χ4v) is 3.48. The summed E-state index contributed by atoms with van der Waals surface area (Å²) in [6, 6.07) is 21.9. The van der Waals surface area contributed by atoms with E-state index >= 15 is 0 Å². The van der Waals surface area contributed by atoms with Crippen LogP contribution in [0.4, 0.5) is 0 Å². The first-order chi connectivity index (χ1) is 13.2. The molecule has 136 valence electrons. The summed E-state index contributed by atoms with van der Waals surface area (Å²) in [6.07, 6.45) is 0. The summed E-state index contributed by atoms with van der Waals surface area (Å²) in [5.74, 6) is 0.742. The lowest BCUT2D eigenvalue weighted by Crippen LogP contribution is -2.35. The topological polar surface area (TPSA) is 72.9 Å². The van der Waals surface area contributed by atoms with Crippen LogP contribution in [-0.4, -0.2) is 22.0 Å². The Bertz CT molecular complexity index is 1120. The van der Waals surface area contributed by atoms with E-state index in [0.29, 0.717) is 6.54 Å². The third kappa shape index (κ3) is 3.41. The van der Waals surface area contributed by atoms with Crippen LogP contribution in [0.25, 0.3) is 21.8 Å². The Kier molecular flexibility index (Phi) is 4.60. The fraction of sp³-hybridized carbons (Fsp3) is 0.182. The van der Waals surface area contributed by atoms with Gasteiger partial charge in [0.2, 0.25) is 5.91 Å². The van der Waals surface area contributed by atoms with Gasteiger partial charge >= 0.3 is 0 Å². The number of para-hydroxylation sites is 2. The number of hydrogen-bond acceptors (Lipinski definition) is 3. The highest BCUT2D eigenvalue weighted by Gasteiger charge is 2.16. The zero-order chi connectivity index (χ0) is 18.8. The van der Waals surface area contributed by atoms with Gasteiger partial charge in [-0.2, -0.15) is 0 Å². The lowest BCUT2D eigenvalue weighted by atomic mass is 10.0. The lowest BCUT2D eigenvalue weighted by molar-refractivity contribution is -0.122. The average molecular weight is 358 g/mol. The Balaban J connectivity index is 1.55. The number of aryl methyl sites for hydroxylation is 1. The van der Waals surface area contributed by atoms with Gasteiger partial charge in [0.1, 0.15) is 12.4 Å². The number of fused-ring (bicyclic) bond motifs is 2. The first-order valence-electron chi connectivity index (χ1n) is 9.05. The van der Waals surface area contributed by atoms with Gasteiger partial charge in [-0.1, -0.05) is 48.5 Å². The van der Waals surface area contributed by atoms with E-state index in [9.17, 15) is 4.79 Å². The van der Waals surface area contributed by atoms with E-state index < -0.39 is 0 Å². The SMILES string of the molecule is Cc1nc2ccccc2n1CC(=O)NC(CN)c1ccc2ccccc2c1. The molecule has 0 bridgehead atoms. The van der Waals surface area contributed by atoms with Crippen LogP contribution < -0.4 is 11.1 Å². The van der Waals surface area contributed by atoms with Crippen molar-refractivity contribution in [2.45, 2.75) is 19.5 Å². The van der Waals surface area contributed by atoms with E-state index in [1.165, 1.54) is 5.39 Å². The van der Waals surface area contributed by atoms with Crippen LogP contribution in [0.15, 0.2) is 66.7 Å². The van der Waals surface area contributed by atoms with Crippen molar-refractivity contribution in [3.05, 3.63) is 78.1 Å². The van der Waals surface area contributed by atoms with E-state index in [1.54, 1.807) is 0 Å². The summed E-state index contributed by atoms with van der Waals surface area (Å²) in [7, 11) is 0. The number of aromatic nitrogens is 2. The molecule has 1 unspecified atom stereocenters. The van der Waals surface area contributed by atoms with Crippen molar-refractivity contribution in [2.24, 2.45) is 5.73 Å². The number of carbonyl (C=O) groups is 1. The zero-order valence-corrected chi connectivity index (χ0v) is 15.2. The van der Waals surface area contributed by atoms with Crippen LogP contribution in [0.2, 0.25) is 0 Å². The number of carbonyl (C=O) groups excluding carboxylic acids is 1. The second-order valence-electron chi connectivity index (χ2n) is 6.70. The van der Waals surface area contributed by atoms with Crippen LogP contribution in [0, 0.1) is 6.92 Å². The van der Waals surface area contributed by atoms with Crippen LogP contribution in [0.5, 0.6) is 0 Å². The molecule has 5 heteroatoms. The quantitative estimate of drug-likeness (QED) is 0.575. The maximum atomic E-state index is 12.7. The van der Waals surface area contributed by atoms with Gasteiger partial charge < -0.3 is 15.6 Å². The monoisotopic (exact) mass is 358 g/mol. The summed E-state index contributed by atoms with van der Waals surface area (Å²) >= 11 is 0. The maximum absolute atomic E-state index is 12.7. The molecule has 0 fully saturated rings. The average Bonchev–Trinajstić information content (AvgIpc) is 3.01. The highest BCUT2D eigenvalue weighted by molar-refractivity contribution is 5.84. The van der Waals surface area contributed by atoms with E-state index in [1.807, 2.05) is 54.0 Å². The molecule has 0 saturated heterocycles. The van der Waals surface area contributed by atoms with Crippen molar-refractivity contribution < 1.29 is 4.79 Å². The molecule has 4 rings (SSSR count). The number of imidazole rings is 1. The van der Waals surface area contributed by atoms with Gasteiger partial charge in [-0.05, 0) is 41.5 Å². The first kappa shape index (κ1) is 17.2. The van der Waals surface area contributed by atoms with Gasteiger partial charge in [-0.3, -0.25) is 4.79 Å². The predicted molar refractivity (Wildman–Crippen MR) is 108 cm³/mol. The molecule has 0 aliphatic rings. The zero-order valence-electron chi connectivity index (χ0n) is 15.2. The summed E-state index contributed by atoms with van der Waals surface area (Å²) in [4.78, 5) is 17.2. The van der Waals surface area contributed by atoms with Crippen molar-refractivity contribution in [3.8, 4) is 0 Å². The van der Waals surface area contributed by atoms with Crippen LogP contribution >= 0.6 is 0 Å². The van der Waals surface area contributed by atoms with Crippen molar-refractivity contribution in [1.82, 2.24) is 14.9 Å². The smallest absolute Gasteiger partial charge is 0.240 e. The summed E-state index contributed by atoms with van der Waals surface area (Å²) < 4.78 is 1.93. The number of amides is 1. The number of rotatable bonds is 5. The minimum atomic E-state index is -0.225. The molecule has 5 nitrogen and oxygen atoms in total. The third-order valence-electron chi connectivity index (χ3n) is 4.89. The van der Waals surface area contributed by atoms with E-state index in [0.717, 1.165) is 27.8 Å². The summed E-state index contributed by atoms with van der Waals surface area (Å²) in [5, 5.41) is 5.37. The van der Waals surface area contributed by atoms with Gasteiger partial charge in [-0.25, -0.2) is 4.98 Å². The molecule has 27 heavy (non-hydrogen) atoms. The van der Waals surface area contributed by atoms with Crippen LogP contribution in [0.1, 0.15) is 17.4 Å². The second kappa shape index (κ2) is 7.21. The number of nitrogens with zero attached hydrogens (tertiary/aromatic N) is 2. The van der Waals surface area contributed by atoms with Crippen molar-refractivity contribution in [1.29, 1.82) is 0 Å². The van der Waals surface area contributed by atoms with Crippen LogP contribution in [0.3, 0.4) is 0 Å². The Morgan fingerprint density at radius 1 is 1.07 bits per heavy atom. The Morgan fingerprint density at radius 3 is 2.63 bits per heavy atom. The molecular formula is C22H22N4O. The molecule has 0 aliphatic carbocycles. The number of nitrogens with two attached hydrogens (primary N) is 1. The Labute approximate surface area is 157 Å². The number of hydrogen-bond donors (Lipinski definition) is 2. The van der Waals surface area contributed by atoms with Gasteiger partial charge in [0.05, 0.1) is 17.1 Å². The molecule has 3 aromatic carbocycles. The molecule has 1 atom stereocenters. The first-order valence-corrected chi connectivity index (χ1v) is 9.05. The molecule has 1 heterocycles. The van der Waals surface area contributed by atoms with Gasteiger partial charge in [-0.15, -0.1) is 0 Å². The number of benzene rings is 3. The fourth-order valence-electron chi connectivity index (χ4n) is 3.48. The molecule has 0 saturated carbocycles. The van der Waals surface area contributed by atoms with Gasteiger partial charge in [0, 0.05) is 6.54 Å². The number of nitrogens with one attached hydrogen (secondary N) is 1. The summed E-state index contributed by atoms with van der Waals surface area (Å²) in [6.45, 7) is 2.47. The molecule has 0 aliphatic heterocycles. The van der Waals surface area contributed by atoms with E-state index in [-0.39, 0.29) is 18.5 Å². The lowest BCUT2D eigenvalue weighted by Gasteiger charge is -2.18. The van der Waals surface area contributed by atoms with Crippen molar-refractivity contribution in [2.75, 3.05) is 6.54 Å². The standard InChI is InChI=1S/C22H22N4O/c1-15-24-19-8-4-5-9-21(19)26(15)14-22(27)25-20(13-23)18-11-10-16-6-2-3-7-17(16)12-18/h2-12,20H,13-14,23H2,1H3,(H,25,27). The van der Waals surface area contributed by atoms with Crippen molar-refractivity contribution >= 4 is 27.7 Å². The highest BCUT2D eigenvalue weighted by Crippen LogP contribution is 2.20.